The fourth-order valence-electron chi connectivity index (χ4n) is 2.34. The molecule has 2 aromatic carbocycles. The molecule has 25 heavy (non-hydrogen) atoms. The highest BCUT2D eigenvalue weighted by Gasteiger charge is 2.16. The third kappa shape index (κ3) is 4.00. The van der Waals surface area contributed by atoms with E-state index in [0.29, 0.717) is 22.0 Å². The molecule has 1 N–H and O–H groups in total. The van der Waals surface area contributed by atoms with E-state index in [1.165, 1.54) is 6.07 Å². The first-order valence-electron chi connectivity index (χ1n) is 7.70. The Balaban J connectivity index is 1.75. The minimum absolute atomic E-state index is 0.306. The zero-order valence-electron chi connectivity index (χ0n) is 13.7. The minimum atomic E-state index is -0.744. The van der Waals surface area contributed by atoms with Crippen molar-refractivity contribution in [2.45, 2.75) is 20.0 Å². The number of fused-ring (bicyclic) bond motifs is 1. The number of carbonyl (C=O) groups is 1. The van der Waals surface area contributed by atoms with Gasteiger partial charge in [0.15, 0.2) is 6.10 Å². The number of ether oxygens (including phenoxy) is 1. The van der Waals surface area contributed by atoms with Crippen LogP contribution in [-0.4, -0.2) is 12.0 Å². The van der Waals surface area contributed by atoms with E-state index in [0.717, 1.165) is 10.9 Å². The van der Waals surface area contributed by atoms with E-state index in [2.05, 4.69) is 5.32 Å². The zero-order valence-corrected chi connectivity index (χ0v) is 14.5. The van der Waals surface area contributed by atoms with Gasteiger partial charge in [-0.1, -0.05) is 17.7 Å². The van der Waals surface area contributed by atoms with E-state index >= 15 is 0 Å². The van der Waals surface area contributed by atoms with Crippen LogP contribution in [0.25, 0.3) is 11.0 Å². The maximum Gasteiger partial charge on any atom is 0.336 e. The topological polar surface area (TPSA) is 68.5 Å². The summed E-state index contributed by atoms with van der Waals surface area (Å²) in [6, 6.07) is 13.4. The predicted octanol–water partition coefficient (Wildman–Crippen LogP) is 4.16. The lowest BCUT2D eigenvalue weighted by Gasteiger charge is -2.16. The smallest absolute Gasteiger partial charge is 0.336 e. The highest BCUT2D eigenvalue weighted by molar-refractivity contribution is 6.31. The summed E-state index contributed by atoms with van der Waals surface area (Å²) in [6.45, 7) is 3.52. The lowest BCUT2D eigenvalue weighted by molar-refractivity contribution is -0.122. The van der Waals surface area contributed by atoms with Gasteiger partial charge < -0.3 is 14.5 Å². The molecular weight excluding hydrogens is 342 g/mol. The summed E-state index contributed by atoms with van der Waals surface area (Å²) >= 11 is 5.96. The fraction of sp³-hybridized carbons (Fsp3) is 0.158. The van der Waals surface area contributed by atoms with E-state index < -0.39 is 11.7 Å². The van der Waals surface area contributed by atoms with Gasteiger partial charge in [-0.05, 0) is 49.7 Å². The largest absolute Gasteiger partial charge is 0.481 e. The van der Waals surface area contributed by atoms with Gasteiger partial charge in [-0.2, -0.15) is 0 Å². The molecule has 0 saturated heterocycles. The molecule has 1 amide bonds. The van der Waals surface area contributed by atoms with Gasteiger partial charge in [0.25, 0.3) is 5.91 Å². The minimum Gasteiger partial charge on any atom is -0.481 e. The summed E-state index contributed by atoms with van der Waals surface area (Å²) in [5, 5.41) is 4.11. The molecule has 5 nitrogen and oxygen atoms in total. The molecule has 0 aliphatic heterocycles. The van der Waals surface area contributed by atoms with Crippen LogP contribution < -0.4 is 15.7 Å². The van der Waals surface area contributed by atoms with E-state index in [1.807, 2.05) is 13.0 Å². The molecule has 1 heterocycles. The molecule has 128 valence electrons. The van der Waals surface area contributed by atoms with Crippen molar-refractivity contribution in [3.05, 3.63) is 69.5 Å². The molecule has 0 fully saturated rings. The lowest BCUT2D eigenvalue weighted by atomic mass is 10.2. The average molecular weight is 358 g/mol. The fourth-order valence-corrected chi connectivity index (χ4v) is 2.51. The van der Waals surface area contributed by atoms with Gasteiger partial charge in [-0.15, -0.1) is 0 Å². The Kier molecular flexibility index (Phi) is 4.76. The van der Waals surface area contributed by atoms with Crippen molar-refractivity contribution in [1.82, 2.24) is 0 Å². The number of anilines is 1. The summed E-state index contributed by atoms with van der Waals surface area (Å²) in [5.74, 6) is 0.132. The molecule has 0 bridgehead atoms. The number of amides is 1. The monoisotopic (exact) mass is 357 g/mol. The highest BCUT2D eigenvalue weighted by Crippen LogP contribution is 2.22. The van der Waals surface area contributed by atoms with Gasteiger partial charge in [-0.25, -0.2) is 4.79 Å². The van der Waals surface area contributed by atoms with Crippen LogP contribution in [0, 0.1) is 6.92 Å². The Bertz CT molecular complexity index is 996. The van der Waals surface area contributed by atoms with Crippen LogP contribution in [0.15, 0.2) is 57.7 Å². The van der Waals surface area contributed by atoms with Gasteiger partial charge in [0.1, 0.15) is 11.3 Å². The van der Waals surface area contributed by atoms with Crippen LogP contribution in [0.2, 0.25) is 5.02 Å². The number of benzene rings is 2. The van der Waals surface area contributed by atoms with Crippen LogP contribution in [0.3, 0.4) is 0 Å². The summed E-state index contributed by atoms with van der Waals surface area (Å²) in [7, 11) is 0. The average Bonchev–Trinajstić information content (AvgIpc) is 2.57. The molecule has 3 aromatic rings. The van der Waals surface area contributed by atoms with Crippen molar-refractivity contribution in [2.75, 3.05) is 5.32 Å². The molecule has 0 aliphatic carbocycles. The van der Waals surface area contributed by atoms with Gasteiger partial charge in [0, 0.05) is 28.2 Å². The first-order chi connectivity index (χ1) is 11.9. The van der Waals surface area contributed by atoms with Crippen molar-refractivity contribution in [1.29, 1.82) is 0 Å². The van der Waals surface area contributed by atoms with E-state index in [1.54, 1.807) is 43.3 Å². The van der Waals surface area contributed by atoms with Crippen LogP contribution in [0.5, 0.6) is 5.75 Å². The number of aryl methyl sites for hydroxylation is 1. The Morgan fingerprint density at radius 3 is 2.72 bits per heavy atom. The quantitative estimate of drug-likeness (QED) is 0.712. The van der Waals surface area contributed by atoms with Gasteiger partial charge in [0.2, 0.25) is 0 Å². The maximum absolute atomic E-state index is 12.3. The van der Waals surface area contributed by atoms with Crippen molar-refractivity contribution in [2.24, 2.45) is 0 Å². The second kappa shape index (κ2) is 6.99. The third-order valence-electron chi connectivity index (χ3n) is 3.73. The SMILES string of the molecule is Cc1ccc(Cl)cc1NC(=O)[C@@H](C)Oc1ccc2ccc(=O)oc2c1. The normalized spacial score (nSPS) is 12.0. The van der Waals surface area contributed by atoms with Gasteiger partial charge in [-0.3, -0.25) is 4.79 Å². The van der Waals surface area contributed by atoms with Gasteiger partial charge >= 0.3 is 5.63 Å². The zero-order chi connectivity index (χ0) is 18.0. The van der Waals surface area contributed by atoms with Crippen molar-refractivity contribution in [3.63, 3.8) is 0 Å². The number of halogens is 1. The van der Waals surface area contributed by atoms with Crippen LogP contribution in [0.4, 0.5) is 5.69 Å². The first-order valence-corrected chi connectivity index (χ1v) is 8.08. The molecule has 0 radical (unpaired) electrons. The highest BCUT2D eigenvalue weighted by atomic mass is 35.5. The van der Waals surface area contributed by atoms with Gasteiger partial charge in [0.05, 0.1) is 0 Å². The number of hydrogen-bond acceptors (Lipinski definition) is 4. The molecule has 1 atom stereocenters. The molecule has 0 spiro atoms. The van der Waals surface area contributed by atoms with E-state index in [4.69, 9.17) is 20.8 Å². The molecule has 0 saturated carbocycles. The Morgan fingerprint density at radius 1 is 1.16 bits per heavy atom. The maximum atomic E-state index is 12.3. The molecule has 6 heteroatoms. The summed E-state index contributed by atoms with van der Waals surface area (Å²) in [5.41, 5.74) is 1.50. The Labute approximate surface area is 149 Å². The standard InChI is InChI=1S/C19H16ClNO4/c1-11-3-6-14(20)9-16(11)21-19(23)12(2)24-15-7-4-13-5-8-18(22)25-17(13)10-15/h3-10,12H,1-2H3,(H,21,23)/t12-/m1/s1. The summed E-state index contributed by atoms with van der Waals surface area (Å²) < 4.78 is 10.8. The van der Waals surface area contributed by atoms with Crippen molar-refractivity contribution < 1.29 is 13.9 Å². The predicted molar refractivity (Wildman–Crippen MR) is 97.4 cm³/mol. The second-order valence-electron chi connectivity index (χ2n) is 5.66. The van der Waals surface area contributed by atoms with E-state index in [9.17, 15) is 9.59 Å². The summed E-state index contributed by atoms with van der Waals surface area (Å²) in [4.78, 5) is 23.7. The number of carbonyl (C=O) groups excluding carboxylic acids is 1. The lowest BCUT2D eigenvalue weighted by Crippen LogP contribution is -2.30. The molecular formula is C19H16ClNO4. The number of rotatable bonds is 4. The van der Waals surface area contributed by atoms with Crippen LogP contribution in [-0.2, 0) is 4.79 Å². The van der Waals surface area contributed by atoms with Crippen molar-refractivity contribution in [3.8, 4) is 5.75 Å². The van der Waals surface area contributed by atoms with Crippen molar-refractivity contribution >= 4 is 34.2 Å². The Morgan fingerprint density at radius 2 is 1.92 bits per heavy atom. The molecule has 0 aliphatic rings. The molecule has 3 rings (SSSR count). The summed E-state index contributed by atoms with van der Waals surface area (Å²) in [6.07, 6.45) is -0.744. The van der Waals surface area contributed by atoms with Crippen LogP contribution >= 0.6 is 11.6 Å². The second-order valence-corrected chi connectivity index (χ2v) is 6.10. The number of nitrogens with one attached hydrogen (secondary N) is 1. The number of hydrogen-bond donors (Lipinski definition) is 1. The molecule has 0 unspecified atom stereocenters. The third-order valence-corrected chi connectivity index (χ3v) is 3.97. The van der Waals surface area contributed by atoms with E-state index in [-0.39, 0.29) is 5.91 Å². The van der Waals surface area contributed by atoms with Crippen LogP contribution in [0.1, 0.15) is 12.5 Å². The first kappa shape index (κ1) is 17.0. The Hall–Kier alpha value is -2.79. The molecule has 1 aromatic heterocycles.